The molecule has 0 bridgehead atoms. The van der Waals surface area contributed by atoms with Crippen LogP contribution in [0.3, 0.4) is 0 Å². The zero-order chi connectivity index (χ0) is 14.7. The topological polar surface area (TPSA) is 42.0 Å². The lowest BCUT2D eigenvalue weighted by Crippen LogP contribution is -2.26. The van der Waals surface area contributed by atoms with Gasteiger partial charge in [0.2, 0.25) is 0 Å². The van der Waals surface area contributed by atoms with E-state index >= 15 is 0 Å². The van der Waals surface area contributed by atoms with Crippen LogP contribution in [0.4, 0.5) is 0 Å². The second-order valence-corrected chi connectivity index (χ2v) is 5.46. The summed E-state index contributed by atoms with van der Waals surface area (Å²) in [4.78, 5) is 15.9. The van der Waals surface area contributed by atoms with Crippen LogP contribution in [0.25, 0.3) is 0 Å². The third-order valence-corrected chi connectivity index (χ3v) is 3.55. The SMILES string of the molecule is C[C@H](NC(=O)c1ccc(Cl)nc1)c1ccc(Cl)cc1Cl. The summed E-state index contributed by atoms with van der Waals surface area (Å²) in [5.74, 6) is -0.243. The molecule has 104 valence electrons. The number of carbonyl (C=O) groups is 1. The summed E-state index contributed by atoms with van der Waals surface area (Å²) in [6.45, 7) is 1.84. The van der Waals surface area contributed by atoms with Gasteiger partial charge in [-0.2, -0.15) is 0 Å². The summed E-state index contributed by atoms with van der Waals surface area (Å²) < 4.78 is 0. The number of hydrogen-bond donors (Lipinski definition) is 1. The molecule has 0 unspecified atom stereocenters. The molecule has 0 spiro atoms. The largest absolute Gasteiger partial charge is 0.345 e. The lowest BCUT2D eigenvalue weighted by Gasteiger charge is -2.16. The van der Waals surface area contributed by atoms with E-state index in [1.165, 1.54) is 6.20 Å². The zero-order valence-electron chi connectivity index (χ0n) is 10.5. The van der Waals surface area contributed by atoms with Crippen LogP contribution in [0.15, 0.2) is 36.5 Å². The highest BCUT2D eigenvalue weighted by Crippen LogP contribution is 2.26. The number of pyridine rings is 1. The zero-order valence-corrected chi connectivity index (χ0v) is 12.8. The maximum atomic E-state index is 12.1. The van der Waals surface area contributed by atoms with E-state index < -0.39 is 0 Å². The van der Waals surface area contributed by atoms with E-state index in [9.17, 15) is 4.79 Å². The average molecular weight is 330 g/mol. The Balaban J connectivity index is 2.12. The Kier molecular flexibility index (Phi) is 4.86. The number of halogens is 3. The van der Waals surface area contributed by atoms with Gasteiger partial charge in [0.25, 0.3) is 5.91 Å². The van der Waals surface area contributed by atoms with E-state index in [4.69, 9.17) is 34.8 Å². The highest BCUT2D eigenvalue weighted by Gasteiger charge is 2.14. The second-order valence-electron chi connectivity index (χ2n) is 4.23. The fourth-order valence-electron chi connectivity index (χ4n) is 1.72. The number of nitrogens with one attached hydrogen (secondary N) is 1. The van der Waals surface area contributed by atoms with E-state index in [2.05, 4.69) is 10.3 Å². The summed E-state index contributed by atoms with van der Waals surface area (Å²) in [7, 11) is 0. The van der Waals surface area contributed by atoms with Crippen LogP contribution in [0.2, 0.25) is 15.2 Å². The highest BCUT2D eigenvalue weighted by molar-refractivity contribution is 6.35. The first-order valence-electron chi connectivity index (χ1n) is 5.84. The third kappa shape index (κ3) is 3.63. The molecule has 0 saturated heterocycles. The van der Waals surface area contributed by atoms with Crippen molar-refractivity contribution in [2.45, 2.75) is 13.0 Å². The molecule has 3 nitrogen and oxygen atoms in total. The predicted octanol–water partition coefficient (Wildman–Crippen LogP) is 4.53. The van der Waals surface area contributed by atoms with Crippen LogP contribution >= 0.6 is 34.8 Å². The normalized spacial score (nSPS) is 12.0. The van der Waals surface area contributed by atoms with Crippen molar-refractivity contribution in [1.29, 1.82) is 0 Å². The maximum Gasteiger partial charge on any atom is 0.253 e. The quantitative estimate of drug-likeness (QED) is 0.840. The molecule has 2 rings (SSSR count). The molecule has 1 amide bonds. The van der Waals surface area contributed by atoms with Crippen LogP contribution in [0.5, 0.6) is 0 Å². The Morgan fingerprint density at radius 1 is 1.20 bits per heavy atom. The van der Waals surface area contributed by atoms with E-state index in [1.54, 1.807) is 30.3 Å². The summed E-state index contributed by atoms with van der Waals surface area (Å²) in [6, 6.07) is 8.09. The van der Waals surface area contributed by atoms with Crippen molar-refractivity contribution in [3.63, 3.8) is 0 Å². The molecule has 0 aliphatic rings. The van der Waals surface area contributed by atoms with Crippen LogP contribution in [0, 0.1) is 0 Å². The molecule has 0 saturated carbocycles. The van der Waals surface area contributed by atoms with Crippen LogP contribution in [-0.4, -0.2) is 10.9 Å². The smallest absolute Gasteiger partial charge is 0.253 e. The summed E-state index contributed by atoms with van der Waals surface area (Å²) >= 11 is 17.6. The molecule has 1 heterocycles. The van der Waals surface area contributed by atoms with Crippen LogP contribution in [-0.2, 0) is 0 Å². The van der Waals surface area contributed by atoms with E-state index in [0.717, 1.165) is 5.56 Å². The van der Waals surface area contributed by atoms with Crippen LogP contribution in [0.1, 0.15) is 28.9 Å². The minimum absolute atomic E-state index is 0.243. The second kappa shape index (κ2) is 6.44. The molecular formula is C14H11Cl3N2O. The van der Waals surface area contributed by atoms with Crippen molar-refractivity contribution in [3.8, 4) is 0 Å². The van der Waals surface area contributed by atoms with E-state index in [-0.39, 0.29) is 11.9 Å². The van der Waals surface area contributed by atoms with E-state index in [1.807, 2.05) is 6.92 Å². The van der Waals surface area contributed by atoms with E-state index in [0.29, 0.717) is 20.8 Å². The van der Waals surface area contributed by atoms with Gasteiger partial charge in [-0.1, -0.05) is 40.9 Å². The van der Waals surface area contributed by atoms with Gasteiger partial charge in [0.05, 0.1) is 11.6 Å². The fraction of sp³-hybridized carbons (Fsp3) is 0.143. The predicted molar refractivity (Wildman–Crippen MR) is 81.6 cm³/mol. The molecule has 1 aromatic carbocycles. The Bertz CT molecular complexity index is 629. The molecule has 1 aromatic heterocycles. The average Bonchev–Trinajstić information content (AvgIpc) is 2.39. The number of rotatable bonds is 3. The molecule has 1 atom stereocenters. The Labute approximate surface area is 131 Å². The number of nitrogens with zero attached hydrogens (tertiary/aromatic N) is 1. The molecular weight excluding hydrogens is 319 g/mol. The monoisotopic (exact) mass is 328 g/mol. The minimum Gasteiger partial charge on any atom is -0.345 e. The van der Waals surface area contributed by atoms with Gasteiger partial charge in [-0.15, -0.1) is 0 Å². The minimum atomic E-state index is -0.247. The fourth-order valence-corrected chi connectivity index (χ4v) is 2.40. The van der Waals surface area contributed by atoms with Gasteiger partial charge in [0.15, 0.2) is 0 Å². The van der Waals surface area contributed by atoms with Crippen molar-refractivity contribution in [2.24, 2.45) is 0 Å². The first-order chi connectivity index (χ1) is 9.47. The first-order valence-corrected chi connectivity index (χ1v) is 6.98. The highest BCUT2D eigenvalue weighted by atomic mass is 35.5. The van der Waals surface area contributed by atoms with Crippen molar-refractivity contribution in [2.75, 3.05) is 0 Å². The standard InChI is InChI=1S/C14H11Cl3N2O/c1-8(11-4-3-10(15)6-12(11)16)19-14(20)9-2-5-13(17)18-7-9/h2-8H,1H3,(H,19,20)/t8-/m0/s1. The van der Waals surface area contributed by atoms with Crippen LogP contribution < -0.4 is 5.32 Å². The summed E-state index contributed by atoms with van der Waals surface area (Å²) in [6.07, 6.45) is 1.42. The molecule has 0 aliphatic carbocycles. The van der Waals surface area contributed by atoms with Gasteiger partial charge >= 0.3 is 0 Å². The molecule has 0 radical (unpaired) electrons. The van der Waals surface area contributed by atoms with Gasteiger partial charge in [0, 0.05) is 16.2 Å². The van der Waals surface area contributed by atoms with Gasteiger partial charge in [-0.3, -0.25) is 4.79 Å². The first kappa shape index (κ1) is 15.1. The number of carbonyl (C=O) groups excluding carboxylic acids is 1. The molecule has 0 fully saturated rings. The lowest BCUT2D eigenvalue weighted by atomic mass is 10.1. The Hall–Kier alpha value is -1.29. The van der Waals surface area contributed by atoms with Gasteiger partial charge in [-0.05, 0) is 36.8 Å². The molecule has 1 N–H and O–H groups in total. The van der Waals surface area contributed by atoms with Crippen molar-refractivity contribution < 1.29 is 4.79 Å². The van der Waals surface area contributed by atoms with Crippen molar-refractivity contribution in [3.05, 3.63) is 62.9 Å². The Morgan fingerprint density at radius 2 is 1.95 bits per heavy atom. The number of amides is 1. The summed E-state index contributed by atoms with van der Waals surface area (Å²) in [5, 5.41) is 4.25. The lowest BCUT2D eigenvalue weighted by molar-refractivity contribution is 0.0939. The molecule has 2 aromatic rings. The van der Waals surface area contributed by atoms with Gasteiger partial charge in [0.1, 0.15) is 5.15 Å². The summed E-state index contributed by atoms with van der Waals surface area (Å²) in [5.41, 5.74) is 1.23. The third-order valence-electron chi connectivity index (χ3n) is 2.77. The number of benzene rings is 1. The van der Waals surface area contributed by atoms with Gasteiger partial charge in [-0.25, -0.2) is 4.98 Å². The molecule has 20 heavy (non-hydrogen) atoms. The van der Waals surface area contributed by atoms with Crippen molar-refractivity contribution in [1.82, 2.24) is 10.3 Å². The molecule has 0 aliphatic heterocycles. The maximum absolute atomic E-state index is 12.1. The van der Waals surface area contributed by atoms with Crippen molar-refractivity contribution >= 4 is 40.7 Å². The molecule has 6 heteroatoms. The Morgan fingerprint density at radius 3 is 2.55 bits per heavy atom. The van der Waals surface area contributed by atoms with Gasteiger partial charge < -0.3 is 5.32 Å². The number of aromatic nitrogens is 1. The number of hydrogen-bond acceptors (Lipinski definition) is 2.